The smallest absolute Gasteiger partial charge is 0.233 e. The fourth-order valence-corrected chi connectivity index (χ4v) is 4.64. The predicted octanol–water partition coefficient (Wildman–Crippen LogP) is 5.00. The van der Waals surface area contributed by atoms with Gasteiger partial charge in [0.05, 0.1) is 12.4 Å². The van der Waals surface area contributed by atoms with E-state index in [4.69, 9.17) is 21.1 Å². The standard InChI is InChI=1S/C24H27ClN4O3S/c1-2-31-20-10-12-21(13-11-20)32-16-22-26-27-24(29(22)19-8-6-18(25)7-9-19)33-17-23(30)28-14-4-3-5-15-28/h6-13H,2-5,14-17H2,1H3. The molecule has 1 aromatic heterocycles. The van der Waals surface area contributed by atoms with Gasteiger partial charge in [0.2, 0.25) is 5.91 Å². The number of carbonyl (C=O) groups excluding carboxylic acids is 1. The highest BCUT2D eigenvalue weighted by Crippen LogP contribution is 2.25. The van der Waals surface area contributed by atoms with Gasteiger partial charge in [0.15, 0.2) is 11.0 Å². The number of hydrogen-bond donors (Lipinski definition) is 0. The van der Waals surface area contributed by atoms with Crippen LogP contribution in [0.15, 0.2) is 53.7 Å². The molecular formula is C24H27ClN4O3S. The fourth-order valence-electron chi connectivity index (χ4n) is 3.64. The average Bonchev–Trinajstić information content (AvgIpc) is 3.26. The molecule has 1 aliphatic heterocycles. The number of halogens is 1. The Balaban J connectivity index is 1.49. The Labute approximate surface area is 203 Å². The summed E-state index contributed by atoms with van der Waals surface area (Å²) in [6.07, 6.45) is 3.34. The number of nitrogens with zero attached hydrogens (tertiary/aromatic N) is 4. The number of likely N-dealkylation sites (tertiary alicyclic amines) is 1. The molecule has 9 heteroatoms. The van der Waals surface area contributed by atoms with E-state index in [0.29, 0.717) is 34.1 Å². The second-order valence-corrected chi connectivity index (χ2v) is 9.01. The molecule has 0 atom stereocenters. The maximum Gasteiger partial charge on any atom is 0.233 e. The van der Waals surface area contributed by atoms with E-state index < -0.39 is 0 Å². The monoisotopic (exact) mass is 486 g/mol. The third kappa shape index (κ3) is 6.21. The van der Waals surface area contributed by atoms with Gasteiger partial charge in [0, 0.05) is 23.8 Å². The van der Waals surface area contributed by atoms with Crippen LogP contribution in [-0.4, -0.2) is 51.0 Å². The van der Waals surface area contributed by atoms with Crippen molar-refractivity contribution in [3.8, 4) is 17.2 Å². The first-order valence-corrected chi connectivity index (χ1v) is 12.5. The minimum absolute atomic E-state index is 0.137. The van der Waals surface area contributed by atoms with E-state index in [1.54, 1.807) is 0 Å². The van der Waals surface area contributed by atoms with Crippen LogP contribution in [0, 0.1) is 0 Å². The highest BCUT2D eigenvalue weighted by molar-refractivity contribution is 7.99. The maximum atomic E-state index is 12.7. The lowest BCUT2D eigenvalue weighted by atomic mass is 10.1. The van der Waals surface area contributed by atoms with Gasteiger partial charge < -0.3 is 14.4 Å². The summed E-state index contributed by atoms with van der Waals surface area (Å²) >= 11 is 7.48. The minimum atomic E-state index is 0.137. The summed E-state index contributed by atoms with van der Waals surface area (Å²) in [6, 6.07) is 14.9. The molecule has 1 aliphatic rings. The zero-order valence-electron chi connectivity index (χ0n) is 18.6. The Bertz CT molecular complexity index is 1050. The topological polar surface area (TPSA) is 69.5 Å². The van der Waals surface area contributed by atoms with E-state index in [9.17, 15) is 4.79 Å². The van der Waals surface area contributed by atoms with Gasteiger partial charge in [-0.15, -0.1) is 10.2 Å². The van der Waals surface area contributed by atoms with Crippen molar-refractivity contribution in [2.45, 2.75) is 37.9 Å². The first-order chi connectivity index (χ1) is 16.1. The molecule has 1 fully saturated rings. The van der Waals surface area contributed by atoms with Gasteiger partial charge in [-0.05, 0) is 74.7 Å². The molecule has 0 unspecified atom stereocenters. The van der Waals surface area contributed by atoms with Crippen molar-refractivity contribution in [3.05, 3.63) is 59.4 Å². The first-order valence-electron chi connectivity index (χ1n) is 11.1. The van der Waals surface area contributed by atoms with Gasteiger partial charge in [-0.25, -0.2) is 0 Å². The summed E-state index contributed by atoms with van der Waals surface area (Å²) in [5.74, 6) is 2.60. The molecule has 33 heavy (non-hydrogen) atoms. The van der Waals surface area contributed by atoms with Gasteiger partial charge in [-0.2, -0.15) is 0 Å². The lowest BCUT2D eigenvalue weighted by Gasteiger charge is -2.26. The predicted molar refractivity (Wildman–Crippen MR) is 129 cm³/mol. The molecule has 174 valence electrons. The number of ether oxygens (including phenoxy) is 2. The van der Waals surface area contributed by atoms with Crippen molar-refractivity contribution in [1.29, 1.82) is 0 Å². The highest BCUT2D eigenvalue weighted by Gasteiger charge is 2.20. The van der Waals surface area contributed by atoms with Crippen molar-refractivity contribution >= 4 is 29.3 Å². The molecule has 7 nitrogen and oxygen atoms in total. The number of carbonyl (C=O) groups is 1. The second-order valence-electron chi connectivity index (χ2n) is 7.63. The van der Waals surface area contributed by atoms with Crippen LogP contribution in [0.25, 0.3) is 5.69 Å². The molecule has 3 aromatic rings. The van der Waals surface area contributed by atoms with Crippen molar-refractivity contribution in [3.63, 3.8) is 0 Å². The minimum Gasteiger partial charge on any atom is -0.494 e. The van der Waals surface area contributed by atoms with Crippen molar-refractivity contribution in [2.24, 2.45) is 0 Å². The number of piperidine rings is 1. The Morgan fingerprint density at radius 1 is 0.970 bits per heavy atom. The van der Waals surface area contributed by atoms with Crippen LogP contribution >= 0.6 is 23.4 Å². The number of amides is 1. The summed E-state index contributed by atoms with van der Waals surface area (Å²) in [5, 5.41) is 10.0. The number of benzene rings is 2. The quantitative estimate of drug-likeness (QED) is 0.396. The van der Waals surface area contributed by atoms with Crippen molar-refractivity contribution in [1.82, 2.24) is 19.7 Å². The first kappa shape index (κ1) is 23.4. The zero-order valence-corrected chi connectivity index (χ0v) is 20.1. The highest BCUT2D eigenvalue weighted by atomic mass is 35.5. The van der Waals surface area contributed by atoms with Crippen LogP contribution in [0.2, 0.25) is 5.02 Å². The number of thioether (sulfide) groups is 1. The summed E-state index contributed by atoms with van der Waals surface area (Å²) < 4.78 is 13.3. The van der Waals surface area contributed by atoms with E-state index in [2.05, 4.69) is 10.2 Å². The molecule has 0 spiro atoms. The van der Waals surface area contributed by atoms with Crippen LogP contribution in [0.3, 0.4) is 0 Å². The van der Waals surface area contributed by atoms with Crippen LogP contribution in [-0.2, 0) is 11.4 Å². The van der Waals surface area contributed by atoms with Crippen molar-refractivity contribution in [2.75, 3.05) is 25.4 Å². The molecule has 2 aromatic carbocycles. The number of rotatable bonds is 9. The molecule has 0 radical (unpaired) electrons. The largest absolute Gasteiger partial charge is 0.494 e. The number of hydrogen-bond acceptors (Lipinski definition) is 6. The Hall–Kier alpha value is -2.71. The second kappa shape index (κ2) is 11.4. The van der Waals surface area contributed by atoms with Crippen LogP contribution in [0.1, 0.15) is 32.0 Å². The Morgan fingerprint density at radius 2 is 1.64 bits per heavy atom. The number of aromatic nitrogens is 3. The fraction of sp³-hybridized carbons (Fsp3) is 0.375. The van der Waals surface area contributed by atoms with Crippen LogP contribution in [0.4, 0.5) is 0 Å². The summed E-state index contributed by atoms with van der Waals surface area (Å²) in [6.45, 7) is 4.47. The molecule has 1 saturated heterocycles. The Kier molecular flexibility index (Phi) is 8.12. The van der Waals surface area contributed by atoms with Gasteiger partial charge in [0.25, 0.3) is 0 Å². The van der Waals surface area contributed by atoms with Gasteiger partial charge in [0.1, 0.15) is 18.1 Å². The van der Waals surface area contributed by atoms with Crippen LogP contribution < -0.4 is 9.47 Å². The van der Waals surface area contributed by atoms with E-state index in [-0.39, 0.29) is 12.5 Å². The zero-order chi connectivity index (χ0) is 23.0. The molecular weight excluding hydrogens is 460 g/mol. The molecule has 0 N–H and O–H groups in total. The third-order valence-electron chi connectivity index (χ3n) is 5.32. The van der Waals surface area contributed by atoms with Gasteiger partial charge in [-0.1, -0.05) is 23.4 Å². The van der Waals surface area contributed by atoms with Crippen LogP contribution in [0.5, 0.6) is 11.5 Å². The summed E-state index contributed by atoms with van der Waals surface area (Å²) in [5.41, 5.74) is 0.864. The molecule has 1 amide bonds. The summed E-state index contributed by atoms with van der Waals surface area (Å²) in [7, 11) is 0. The SMILES string of the molecule is CCOc1ccc(OCc2nnc(SCC(=O)N3CCCCC3)n2-c2ccc(Cl)cc2)cc1. The van der Waals surface area contributed by atoms with Gasteiger partial charge in [-0.3, -0.25) is 9.36 Å². The molecule has 0 saturated carbocycles. The molecule has 0 aliphatic carbocycles. The lowest BCUT2D eigenvalue weighted by Crippen LogP contribution is -2.36. The normalized spacial score (nSPS) is 13.7. The summed E-state index contributed by atoms with van der Waals surface area (Å²) in [4.78, 5) is 14.6. The van der Waals surface area contributed by atoms with E-state index in [1.165, 1.54) is 18.2 Å². The third-order valence-corrected chi connectivity index (χ3v) is 6.49. The van der Waals surface area contributed by atoms with E-state index in [1.807, 2.05) is 64.9 Å². The van der Waals surface area contributed by atoms with E-state index >= 15 is 0 Å². The molecule has 2 heterocycles. The Morgan fingerprint density at radius 3 is 2.30 bits per heavy atom. The van der Waals surface area contributed by atoms with E-state index in [0.717, 1.165) is 37.4 Å². The molecule has 0 bridgehead atoms. The average molecular weight is 487 g/mol. The lowest BCUT2D eigenvalue weighted by molar-refractivity contribution is -0.129. The van der Waals surface area contributed by atoms with Crippen molar-refractivity contribution < 1.29 is 14.3 Å². The molecule has 4 rings (SSSR count). The van der Waals surface area contributed by atoms with Gasteiger partial charge >= 0.3 is 0 Å². The maximum absolute atomic E-state index is 12.7.